The number of halogens is 1. The lowest BCUT2D eigenvalue weighted by molar-refractivity contribution is 0.615. The van der Waals surface area contributed by atoms with Crippen molar-refractivity contribution < 1.29 is 4.39 Å². The largest absolute Gasteiger partial charge is 0.245 e. The summed E-state index contributed by atoms with van der Waals surface area (Å²) in [7, 11) is 0. The highest BCUT2D eigenvalue weighted by atomic mass is 19.1. The van der Waals surface area contributed by atoms with Crippen molar-refractivity contribution in [1.29, 1.82) is 5.26 Å². The molecule has 0 aliphatic rings. The van der Waals surface area contributed by atoms with E-state index in [2.05, 4.69) is 10.1 Å². The lowest BCUT2D eigenvalue weighted by Crippen LogP contribution is -2.07. The fourth-order valence-corrected chi connectivity index (χ4v) is 1.89. The minimum absolute atomic E-state index is 0.0615. The highest BCUT2D eigenvalue weighted by Crippen LogP contribution is 2.12. The van der Waals surface area contributed by atoms with Gasteiger partial charge >= 0.3 is 0 Å². The summed E-state index contributed by atoms with van der Waals surface area (Å²) < 4.78 is 15.1. The Kier molecular flexibility index (Phi) is 3.91. The van der Waals surface area contributed by atoms with Crippen LogP contribution in [0.25, 0.3) is 0 Å². The van der Waals surface area contributed by atoms with E-state index in [9.17, 15) is 4.39 Å². The number of nitriles is 1. The van der Waals surface area contributed by atoms with E-state index >= 15 is 0 Å². The summed E-state index contributed by atoms with van der Waals surface area (Å²) in [5.41, 5.74) is 0.909. The van der Waals surface area contributed by atoms with Gasteiger partial charge in [-0.15, -0.1) is 0 Å². The molecule has 2 aromatic rings. The first-order valence-corrected chi connectivity index (χ1v) is 6.29. The minimum Gasteiger partial charge on any atom is -0.245 e. The summed E-state index contributed by atoms with van der Waals surface area (Å²) >= 11 is 0. The average molecular weight is 258 g/mol. The van der Waals surface area contributed by atoms with Gasteiger partial charge in [0.25, 0.3) is 0 Å². The topological polar surface area (TPSA) is 54.5 Å². The van der Waals surface area contributed by atoms with Crippen molar-refractivity contribution in [3.8, 4) is 6.07 Å². The molecule has 0 atom stereocenters. The molecule has 0 saturated carbocycles. The van der Waals surface area contributed by atoms with E-state index in [1.54, 1.807) is 12.1 Å². The van der Waals surface area contributed by atoms with Crippen LogP contribution in [0.4, 0.5) is 4.39 Å². The maximum atomic E-state index is 13.3. The predicted molar refractivity (Wildman–Crippen MR) is 69.0 cm³/mol. The van der Waals surface area contributed by atoms with Crippen LogP contribution in [-0.4, -0.2) is 14.8 Å². The van der Waals surface area contributed by atoms with Crippen LogP contribution in [-0.2, 0) is 19.4 Å². The highest BCUT2D eigenvalue weighted by molar-refractivity contribution is 5.34. The SMILES string of the molecule is CCc1nc(CC)n(Cc2ccc(F)c(C#N)c2)n1. The van der Waals surface area contributed by atoms with Crippen LogP contribution < -0.4 is 0 Å². The van der Waals surface area contributed by atoms with Gasteiger partial charge in [-0.2, -0.15) is 10.4 Å². The minimum atomic E-state index is -0.491. The zero-order chi connectivity index (χ0) is 13.8. The van der Waals surface area contributed by atoms with Crippen molar-refractivity contribution in [3.63, 3.8) is 0 Å². The number of rotatable bonds is 4. The van der Waals surface area contributed by atoms with Crippen molar-refractivity contribution in [3.05, 3.63) is 46.8 Å². The van der Waals surface area contributed by atoms with Crippen molar-refractivity contribution in [2.75, 3.05) is 0 Å². The van der Waals surface area contributed by atoms with Gasteiger partial charge < -0.3 is 0 Å². The van der Waals surface area contributed by atoms with Gasteiger partial charge in [0.15, 0.2) is 5.82 Å². The molecule has 1 heterocycles. The lowest BCUT2D eigenvalue weighted by Gasteiger charge is -2.05. The molecule has 0 fully saturated rings. The van der Waals surface area contributed by atoms with E-state index < -0.39 is 5.82 Å². The van der Waals surface area contributed by atoms with Crippen LogP contribution in [0.3, 0.4) is 0 Å². The Balaban J connectivity index is 2.31. The second-order valence-corrected chi connectivity index (χ2v) is 4.24. The molecule has 0 amide bonds. The molecular formula is C14H15FN4. The number of aryl methyl sites for hydroxylation is 2. The Bertz CT molecular complexity index is 625. The lowest BCUT2D eigenvalue weighted by atomic mass is 10.1. The van der Waals surface area contributed by atoms with Gasteiger partial charge in [0.05, 0.1) is 12.1 Å². The van der Waals surface area contributed by atoms with Crippen molar-refractivity contribution >= 4 is 0 Å². The second-order valence-electron chi connectivity index (χ2n) is 4.24. The van der Waals surface area contributed by atoms with Crippen LogP contribution in [0, 0.1) is 17.1 Å². The molecule has 0 aliphatic heterocycles. The standard InChI is InChI=1S/C14H15FN4/c1-3-13-17-14(4-2)19(18-13)9-10-5-6-12(15)11(7-10)8-16/h5-7H,3-4,9H2,1-2H3. The number of hydrogen-bond donors (Lipinski definition) is 0. The summed E-state index contributed by atoms with van der Waals surface area (Å²) in [4.78, 5) is 4.42. The summed E-state index contributed by atoms with van der Waals surface area (Å²) in [6.45, 7) is 4.53. The average Bonchev–Trinajstić information content (AvgIpc) is 2.83. The van der Waals surface area contributed by atoms with Crippen molar-refractivity contribution in [1.82, 2.24) is 14.8 Å². The Morgan fingerprint density at radius 1 is 1.32 bits per heavy atom. The molecule has 19 heavy (non-hydrogen) atoms. The third-order valence-corrected chi connectivity index (χ3v) is 2.91. The van der Waals surface area contributed by atoms with Gasteiger partial charge in [-0.05, 0) is 17.7 Å². The quantitative estimate of drug-likeness (QED) is 0.846. The highest BCUT2D eigenvalue weighted by Gasteiger charge is 2.09. The molecule has 4 nitrogen and oxygen atoms in total. The smallest absolute Gasteiger partial charge is 0.150 e. The van der Waals surface area contributed by atoms with E-state index in [0.717, 1.165) is 30.1 Å². The Morgan fingerprint density at radius 3 is 2.74 bits per heavy atom. The molecule has 5 heteroatoms. The van der Waals surface area contributed by atoms with Gasteiger partial charge in [-0.1, -0.05) is 19.9 Å². The number of nitrogens with zero attached hydrogens (tertiary/aromatic N) is 4. The molecular weight excluding hydrogens is 243 g/mol. The number of benzene rings is 1. The zero-order valence-corrected chi connectivity index (χ0v) is 11.0. The molecule has 0 bridgehead atoms. The summed E-state index contributed by atoms with van der Waals surface area (Å²) in [5.74, 6) is 1.22. The monoisotopic (exact) mass is 258 g/mol. The molecule has 1 aromatic carbocycles. The molecule has 2 rings (SSSR count). The van der Waals surface area contributed by atoms with Gasteiger partial charge in [-0.3, -0.25) is 0 Å². The molecule has 0 unspecified atom stereocenters. The van der Waals surface area contributed by atoms with Crippen LogP contribution in [0.1, 0.15) is 36.6 Å². The van der Waals surface area contributed by atoms with Crippen molar-refractivity contribution in [2.45, 2.75) is 33.2 Å². The van der Waals surface area contributed by atoms with E-state index in [1.807, 2.05) is 24.6 Å². The third-order valence-electron chi connectivity index (χ3n) is 2.91. The van der Waals surface area contributed by atoms with Crippen molar-refractivity contribution in [2.24, 2.45) is 0 Å². The molecule has 1 aromatic heterocycles. The van der Waals surface area contributed by atoms with Gasteiger partial charge in [-0.25, -0.2) is 14.1 Å². The van der Waals surface area contributed by atoms with Gasteiger partial charge in [0.1, 0.15) is 17.7 Å². The van der Waals surface area contributed by atoms with Crippen LogP contribution in [0.15, 0.2) is 18.2 Å². The normalized spacial score (nSPS) is 10.4. The molecule has 0 radical (unpaired) electrons. The van der Waals surface area contributed by atoms with E-state index in [4.69, 9.17) is 5.26 Å². The number of hydrogen-bond acceptors (Lipinski definition) is 3. The van der Waals surface area contributed by atoms with Gasteiger partial charge in [0, 0.05) is 12.8 Å². The molecule has 0 saturated heterocycles. The van der Waals surface area contributed by atoms with Crippen LogP contribution in [0.5, 0.6) is 0 Å². The van der Waals surface area contributed by atoms with E-state index in [-0.39, 0.29) is 5.56 Å². The summed E-state index contributed by atoms with van der Waals surface area (Å²) in [6.07, 6.45) is 1.58. The Morgan fingerprint density at radius 2 is 2.11 bits per heavy atom. The maximum Gasteiger partial charge on any atom is 0.150 e. The summed E-state index contributed by atoms with van der Waals surface area (Å²) in [6, 6.07) is 6.39. The predicted octanol–water partition coefficient (Wildman–Crippen LogP) is 2.46. The van der Waals surface area contributed by atoms with Crippen LogP contribution in [0.2, 0.25) is 0 Å². The maximum absolute atomic E-state index is 13.3. The second kappa shape index (κ2) is 5.61. The molecule has 98 valence electrons. The summed E-state index contributed by atoms with van der Waals surface area (Å²) in [5, 5.41) is 13.2. The fourth-order valence-electron chi connectivity index (χ4n) is 1.89. The first-order valence-electron chi connectivity index (χ1n) is 6.29. The van der Waals surface area contributed by atoms with Crippen LogP contribution >= 0.6 is 0 Å². The van der Waals surface area contributed by atoms with E-state index in [1.165, 1.54) is 6.07 Å². The first kappa shape index (κ1) is 13.2. The number of aromatic nitrogens is 3. The molecule has 0 aliphatic carbocycles. The Labute approximate surface area is 111 Å². The fraction of sp³-hybridized carbons (Fsp3) is 0.357. The first-order chi connectivity index (χ1) is 9.17. The van der Waals surface area contributed by atoms with E-state index in [0.29, 0.717) is 6.54 Å². The molecule has 0 spiro atoms. The zero-order valence-electron chi connectivity index (χ0n) is 11.0. The molecule has 0 N–H and O–H groups in total. The third kappa shape index (κ3) is 2.79. The van der Waals surface area contributed by atoms with Gasteiger partial charge in [0.2, 0.25) is 0 Å². The Hall–Kier alpha value is -2.22.